The van der Waals surface area contributed by atoms with Crippen LogP contribution in [0.5, 0.6) is 5.75 Å². The molecule has 4 nitrogen and oxygen atoms in total. The van der Waals surface area contributed by atoms with Gasteiger partial charge in [-0.25, -0.2) is 0 Å². The Hall–Kier alpha value is -1.31. The van der Waals surface area contributed by atoms with Crippen molar-refractivity contribution in [2.45, 2.75) is 19.0 Å². The highest BCUT2D eigenvalue weighted by molar-refractivity contribution is 5.27. The van der Waals surface area contributed by atoms with Crippen LogP contribution in [0.3, 0.4) is 0 Å². The van der Waals surface area contributed by atoms with Gasteiger partial charge in [-0.1, -0.05) is 12.1 Å². The predicted octanol–water partition coefficient (Wildman–Crippen LogP) is 1.03. The summed E-state index contributed by atoms with van der Waals surface area (Å²) < 4.78 is 39.4. The van der Waals surface area contributed by atoms with Gasteiger partial charge in [0.15, 0.2) is 0 Å². The summed E-state index contributed by atoms with van der Waals surface area (Å²) in [5.74, 6) is -0.276. The molecule has 18 heavy (non-hydrogen) atoms. The van der Waals surface area contributed by atoms with Gasteiger partial charge in [0.25, 0.3) is 0 Å². The Balaban J connectivity index is 2.41. The van der Waals surface area contributed by atoms with Crippen molar-refractivity contribution in [3.05, 3.63) is 29.8 Å². The fraction of sp³-hybridized carbons (Fsp3) is 0.455. The normalized spacial score (nSPS) is 13.4. The van der Waals surface area contributed by atoms with E-state index >= 15 is 0 Å². The summed E-state index contributed by atoms with van der Waals surface area (Å²) in [6.45, 7) is 0.242. The third-order valence-corrected chi connectivity index (χ3v) is 2.08. The number of hydrogen-bond donors (Lipinski definition) is 3. The molecule has 0 aliphatic carbocycles. The van der Waals surface area contributed by atoms with Gasteiger partial charge in [0.2, 0.25) is 0 Å². The van der Waals surface area contributed by atoms with E-state index in [2.05, 4.69) is 10.1 Å². The van der Waals surface area contributed by atoms with Crippen LogP contribution in [-0.4, -0.2) is 35.8 Å². The molecule has 102 valence electrons. The summed E-state index contributed by atoms with van der Waals surface area (Å²) in [6, 6.07) is 5.40. The average molecular weight is 265 g/mol. The van der Waals surface area contributed by atoms with Crippen molar-refractivity contribution < 1.29 is 28.1 Å². The second-order valence-corrected chi connectivity index (χ2v) is 3.66. The number of rotatable bonds is 6. The molecule has 0 bridgehead atoms. The molecule has 0 fully saturated rings. The van der Waals surface area contributed by atoms with Gasteiger partial charge >= 0.3 is 6.36 Å². The van der Waals surface area contributed by atoms with Crippen molar-refractivity contribution in [1.82, 2.24) is 5.32 Å². The first-order chi connectivity index (χ1) is 8.40. The van der Waals surface area contributed by atoms with Crippen molar-refractivity contribution in [1.29, 1.82) is 0 Å². The highest BCUT2D eigenvalue weighted by atomic mass is 19.4. The zero-order valence-electron chi connectivity index (χ0n) is 9.44. The van der Waals surface area contributed by atoms with Gasteiger partial charge in [-0.05, 0) is 17.7 Å². The Morgan fingerprint density at radius 2 is 1.83 bits per heavy atom. The van der Waals surface area contributed by atoms with E-state index in [9.17, 15) is 13.2 Å². The lowest BCUT2D eigenvalue weighted by atomic mass is 10.2. The summed E-state index contributed by atoms with van der Waals surface area (Å²) in [7, 11) is 0. The molecule has 0 radical (unpaired) electrons. The van der Waals surface area contributed by atoms with Gasteiger partial charge in [0.05, 0.1) is 12.7 Å². The van der Waals surface area contributed by atoms with Gasteiger partial charge in [-0.3, -0.25) is 0 Å². The molecule has 0 aliphatic rings. The van der Waals surface area contributed by atoms with Gasteiger partial charge in [-0.2, -0.15) is 0 Å². The minimum absolute atomic E-state index is 0.206. The molecular weight excluding hydrogens is 251 g/mol. The molecule has 1 rings (SSSR count). The van der Waals surface area contributed by atoms with Gasteiger partial charge in [0, 0.05) is 13.1 Å². The molecule has 0 amide bonds. The number of halogens is 3. The molecule has 0 saturated heterocycles. The SMILES string of the molecule is OCC(O)CNCc1ccc(OC(F)(F)F)cc1. The van der Waals surface area contributed by atoms with Crippen LogP contribution in [0.1, 0.15) is 5.56 Å². The van der Waals surface area contributed by atoms with E-state index in [-0.39, 0.29) is 18.9 Å². The summed E-state index contributed by atoms with van der Waals surface area (Å²) in [6.07, 6.45) is -5.54. The van der Waals surface area contributed by atoms with Crippen molar-refractivity contribution in [3.8, 4) is 5.75 Å². The molecule has 0 aliphatic heterocycles. The molecule has 0 aromatic heterocycles. The Bertz CT molecular complexity index is 354. The van der Waals surface area contributed by atoms with E-state index in [1.807, 2.05) is 0 Å². The Morgan fingerprint density at radius 3 is 2.33 bits per heavy atom. The molecule has 7 heteroatoms. The first-order valence-corrected chi connectivity index (χ1v) is 5.25. The Labute approximate surface area is 102 Å². The van der Waals surface area contributed by atoms with Gasteiger partial charge in [0.1, 0.15) is 5.75 Å². The zero-order valence-corrected chi connectivity index (χ0v) is 9.44. The molecule has 0 spiro atoms. The molecular formula is C11H14F3NO3. The molecule has 1 aromatic carbocycles. The van der Waals surface area contributed by atoms with Crippen molar-refractivity contribution >= 4 is 0 Å². The maximum Gasteiger partial charge on any atom is 0.573 e. The zero-order chi connectivity index (χ0) is 13.6. The van der Waals surface area contributed by atoms with Gasteiger partial charge in [-0.15, -0.1) is 13.2 Å². The lowest BCUT2D eigenvalue weighted by molar-refractivity contribution is -0.274. The van der Waals surface area contributed by atoms with Crippen LogP contribution in [0.4, 0.5) is 13.2 Å². The molecule has 0 heterocycles. The van der Waals surface area contributed by atoms with Crippen LogP contribution in [0.2, 0.25) is 0 Å². The molecule has 0 saturated carbocycles. The molecule has 1 atom stereocenters. The van der Waals surface area contributed by atoms with Crippen LogP contribution in [-0.2, 0) is 6.54 Å². The summed E-state index contributed by atoms with van der Waals surface area (Å²) >= 11 is 0. The topological polar surface area (TPSA) is 61.7 Å². The van der Waals surface area contributed by atoms with E-state index < -0.39 is 12.5 Å². The minimum atomic E-state index is -4.69. The van der Waals surface area contributed by atoms with E-state index in [0.29, 0.717) is 6.54 Å². The largest absolute Gasteiger partial charge is 0.573 e. The maximum atomic E-state index is 11.9. The number of benzene rings is 1. The first-order valence-electron chi connectivity index (χ1n) is 5.25. The average Bonchev–Trinajstić information content (AvgIpc) is 2.29. The number of alkyl halides is 3. The standard InChI is InChI=1S/C11H14F3NO3/c12-11(13,14)18-10-3-1-8(2-4-10)5-15-6-9(17)7-16/h1-4,9,15-17H,5-7H2. The number of nitrogens with one attached hydrogen (secondary N) is 1. The third kappa shape index (κ3) is 5.85. The Kier molecular flexibility index (Phi) is 5.39. The smallest absolute Gasteiger partial charge is 0.406 e. The first kappa shape index (κ1) is 14.7. The van der Waals surface area contributed by atoms with Crippen LogP contribution >= 0.6 is 0 Å². The van der Waals surface area contributed by atoms with Crippen LogP contribution in [0.15, 0.2) is 24.3 Å². The van der Waals surface area contributed by atoms with Crippen LogP contribution in [0.25, 0.3) is 0 Å². The summed E-state index contributed by atoms with van der Waals surface area (Å²) in [5, 5.41) is 20.5. The summed E-state index contributed by atoms with van der Waals surface area (Å²) in [5.41, 5.74) is 0.745. The van der Waals surface area contributed by atoms with E-state index in [4.69, 9.17) is 10.2 Å². The van der Waals surface area contributed by atoms with E-state index in [1.54, 1.807) is 0 Å². The molecule has 3 N–H and O–H groups in total. The van der Waals surface area contributed by atoms with Crippen molar-refractivity contribution in [2.24, 2.45) is 0 Å². The number of ether oxygens (including phenoxy) is 1. The lowest BCUT2D eigenvalue weighted by Crippen LogP contribution is -2.28. The monoisotopic (exact) mass is 265 g/mol. The van der Waals surface area contributed by atoms with Gasteiger partial charge < -0.3 is 20.3 Å². The van der Waals surface area contributed by atoms with Crippen molar-refractivity contribution in [3.63, 3.8) is 0 Å². The van der Waals surface area contributed by atoms with Crippen molar-refractivity contribution in [2.75, 3.05) is 13.2 Å². The Morgan fingerprint density at radius 1 is 1.22 bits per heavy atom. The maximum absolute atomic E-state index is 11.9. The highest BCUT2D eigenvalue weighted by Gasteiger charge is 2.30. The van der Waals surface area contributed by atoms with E-state index in [1.165, 1.54) is 24.3 Å². The number of hydrogen-bond acceptors (Lipinski definition) is 4. The second kappa shape index (κ2) is 6.58. The molecule has 1 aromatic rings. The van der Waals surface area contributed by atoms with E-state index in [0.717, 1.165) is 5.56 Å². The quantitative estimate of drug-likeness (QED) is 0.719. The molecule has 1 unspecified atom stereocenters. The van der Waals surface area contributed by atoms with Crippen LogP contribution in [0, 0.1) is 0 Å². The lowest BCUT2D eigenvalue weighted by Gasteiger charge is -2.11. The highest BCUT2D eigenvalue weighted by Crippen LogP contribution is 2.22. The minimum Gasteiger partial charge on any atom is -0.406 e. The van der Waals surface area contributed by atoms with Crippen LogP contribution < -0.4 is 10.1 Å². The predicted molar refractivity (Wildman–Crippen MR) is 57.9 cm³/mol. The number of aliphatic hydroxyl groups is 2. The summed E-state index contributed by atoms with van der Waals surface area (Å²) in [4.78, 5) is 0. The second-order valence-electron chi connectivity index (χ2n) is 3.66. The number of aliphatic hydroxyl groups excluding tert-OH is 2. The third-order valence-electron chi connectivity index (χ3n) is 2.08. The fourth-order valence-corrected chi connectivity index (χ4v) is 1.26. The fourth-order valence-electron chi connectivity index (χ4n) is 1.26.